The van der Waals surface area contributed by atoms with Crippen LogP contribution >= 0.6 is 35.2 Å². The van der Waals surface area contributed by atoms with E-state index in [4.69, 9.17) is 33.0 Å². The first-order valence-electron chi connectivity index (χ1n) is 6.39. The molecule has 0 saturated carbocycles. The van der Waals surface area contributed by atoms with Crippen LogP contribution in [0.1, 0.15) is 11.1 Å². The quantitative estimate of drug-likeness (QED) is 0.522. The van der Waals surface area contributed by atoms with Crippen LogP contribution in [-0.2, 0) is 0 Å². The fourth-order valence-corrected chi connectivity index (χ4v) is 3.60. The van der Waals surface area contributed by atoms with E-state index in [1.165, 1.54) is 11.3 Å². The van der Waals surface area contributed by atoms with Gasteiger partial charge < -0.3 is 9.15 Å². The highest BCUT2D eigenvalue weighted by molar-refractivity contribution is 7.71. The van der Waals surface area contributed by atoms with Crippen LogP contribution in [0.4, 0.5) is 0 Å². The third-order valence-electron chi connectivity index (χ3n) is 3.59. The number of methoxy groups -OCH3 is 1. The van der Waals surface area contributed by atoms with E-state index in [9.17, 15) is 0 Å². The Bertz CT molecular complexity index is 893. The van der Waals surface area contributed by atoms with Gasteiger partial charge in [-0.2, -0.15) is 0 Å². The molecule has 0 aliphatic heterocycles. The monoisotopic (exact) mass is 336 g/mol. The van der Waals surface area contributed by atoms with Crippen LogP contribution in [0.5, 0.6) is 5.75 Å². The summed E-state index contributed by atoms with van der Waals surface area (Å²) in [6.07, 6.45) is 0. The summed E-state index contributed by atoms with van der Waals surface area (Å²) >= 11 is 12.8. The predicted octanol–water partition coefficient (Wildman–Crippen LogP) is 6.17. The lowest BCUT2D eigenvalue weighted by molar-refractivity contribution is 0.418. The average Bonchev–Trinajstić information content (AvgIpc) is 2.90. The summed E-state index contributed by atoms with van der Waals surface area (Å²) in [7, 11) is 1.66. The third kappa shape index (κ3) is 2.48. The maximum atomic E-state index is 6.02. The van der Waals surface area contributed by atoms with Gasteiger partial charge in [-0.25, -0.2) is 0 Å². The molecular formula is C16H13ClO2S2. The summed E-state index contributed by atoms with van der Waals surface area (Å²) in [5.41, 5.74) is 3.82. The molecule has 2 heterocycles. The van der Waals surface area contributed by atoms with Gasteiger partial charge in [-0.3, -0.25) is 0 Å². The maximum absolute atomic E-state index is 6.02. The lowest BCUT2D eigenvalue weighted by atomic mass is 10.0. The van der Waals surface area contributed by atoms with E-state index in [1.54, 1.807) is 7.11 Å². The number of rotatable bonds is 2. The predicted molar refractivity (Wildman–Crippen MR) is 91.4 cm³/mol. The number of hydrogen-bond donors (Lipinski definition) is 0. The van der Waals surface area contributed by atoms with Crippen molar-refractivity contribution in [2.75, 3.05) is 7.11 Å². The van der Waals surface area contributed by atoms with Crippen LogP contribution in [0, 0.1) is 18.6 Å². The number of thiophene rings is 1. The van der Waals surface area contributed by atoms with Gasteiger partial charge in [0, 0.05) is 10.4 Å². The number of benzene rings is 1. The molecule has 2 aromatic heterocycles. The highest BCUT2D eigenvalue weighted by Gasteiger charge is 2.14. The summed E-state index contributed by atoms with van der Waals surface area (Å²) in [6.45, 7) is 4.00. The topological polar surface area (TPSA) is 22.4 Å². The highest BCUT2D eigenvalue weighted by Crippen LogP contribution is 2.38. The molecule has 2 nitrogen and oxygen atoms in total. The Labute approximate surface area is 136 Å². The summed E-state index contributed by atoms with van der Waals surface area (Å²) in [4.78, 5) is 1.07. The van der Waals surface area contributed by atoms with Crippen molar-refractivity contribution >= 4 is 46.1 Å². The molecule has 0 bridgehead atoms. The van der Waals surface area contributed by atoms with Gasteiger partial charge in [-0.1, -0.05) is 11.6 Å². The van der Waals surface area contributed by atoms with Crippen molar-refractivity contribution in [1.82, 2.24) is 0 Å². The Morgan fingerprint density at radius 3 is 2.57 bits per heavy atom. The second-order valence-electron chi connectivity index (χ2n) is 4.79. The van der Waals surface area contributed by atoms with Gasteiger partial charge in [0.1, 0.15) is 11.3 Å². The molecule has 0 saturated heterocycles. The molecule has 0 N–H and O–H groups in total. The van der Waals surface area contributed by atoms with Gasteiger partial charge in [-0.05, 0) is 61.5 Å². The summed E-state index contributed by atoms with van der Waals surface area (Å²) in [5.74, 6) is 0.784. The molecule has 0 radical (unpaired) electrons. The molecule has 0 spiro atoms. The van der Waals surface area contributed by atoms with E-state index in [0.717, 1.165) is 42.6 Å². The van der Waals surface area contributed by atoms with Gasteiger partial charge in [0.2, 0.25) is 0 Å². The van der Waals surface area contributed by atoms with E-state index in [1.807, 2.05) is 38.1 Å². The zero-order valence-electron chi connectivity index (χ0n) is 11.8. The number of hydrogen-bond acceptors (Lipinski definition) is 4. The molecule has 0 atom stereocenters. The van der Waals surface area contributed by atoms with Gasteiger partial charge >= 0.3 is 0 Å². The summed E-state index contributed by atoms with van der Waals surface area (Å²) in [5, 5.41) is 0.968. The molecule has 3 rings (SSSR count). The molecular weight excluding hydrogens is 324 g/mol. The van der Waals surface area contributed by atoms with E-state index >= 15 is 0 Å². The van der Waals surface area contributed by atoms with Gasteiger partial charge in [-0.15, -0.1) is 11.3 Å². The normalized spacial score (nSPS) is 11.0. The Hall–Kier alpha value is -1.36. The van der Waals surface area contributed by atoms with E-state index in [-0.39, 0.29) is 0 Å². The molecule has 3 aromatic rings. The van der Waals surface area contributed by atoms with E-state index in [2.05, 4.69) is 0 Å². The van der Waals surface area contributed by atoms with Crippen LogP contribution in [0.25, 0.3) is 21.4 Å². The SMILES string of the molecule is COc1cc(-c2ccc(Cl)s2)cc2oc(=S)c(C)c(C)c12. The molecule has 5 heteroatoms. The van der Waals surface area contributed by atoms with Crippen molar-refractivity contribution in [3.8, 4) is 16.2 Å². The molecule has 0 aliphatic carbocycles. The van der Waals surface area contributed by atoms with E-state index in [0.29, 0.717) is 4.71 Å². The fraction of sp³-hybridized carbons (Fsp3) is 0.188. The minimum absolute atomic E-state index is 0.517. The summed E-state index contributed by atoms with van der Waals surface area (Å²) in [6, 6.07) is 7.87. The summed E-state index contributed by atoms with van der Waals surface area (Å²) < 4.78 is 12.6. The molecule has 1 aromatic carbocycles. The van der Waals surface area contributed by atoms with Crippen LogP contribution in [0.3, 0.4) is 0 Å². The minimum Gasteiger partial charge on any atom is -0.496 e. The Morgan fingerprint density at radius 1 is 1.19 bits per heavy atom. The smallest absolute Gasteiger partial charge is 0.193 e. The van der Waals surface area contributed by atoms with Gasteiger partial charge in [0.25, 0.3) is 0 Å². The lowest BCUT2D eigenvalue weighted by Gasteiger charge is -2.11. The van der Waals surface area contributed by atoms with Crippen LogP contribution in [0.2, 0.25) is 4.34 Å². The minimum atomic E-state index is 0.517. The average molecular weight is 337 g/mol. The van der Waals surface area contributed by atoms with Crippen molar-refractivity contribution in [3.05, 3.63) is 44.4 Å². The first kappa shape index (κ1) is 14.6. The van der Waals surface area contributed by atoms with Crippen molar-refractivity contribution in [2.24, 2.45) is 0 Å². The molecule has 0 unspecified atom stereocenters. The number of ether oxygens (including phenoxy) is 1. The maximum Gasteiger partial charge on any atom is 0.193 e. The Morgan fingerprint density at radius 2 is 1.95 bits per heavy atom. The van der Waals surface area contributed by atoms with Crippen molar-refractivity contribution < 1.29 is 9.15 Å². The van der Waals surface area contributed by atoms with Crippen LogP contribution in [0.15, 0.2) is 28.7 Å². The molecule has 108 valence electrons. The second-order valence-corrected chi connectivity index (χ2v) is 6.88. The Kier molecular flexibility index (Phi) is 3.78. The lowest BCUT2D eigenvalue weighted by Crippen LogP contribution is -1.92. The van der Waals surface area contributed by atoms with Crippen LogP contribution in [-0.4, -0.2) is 7.11 Å². The van der Waals surface area contributed by atoms with Crippen molar-refractivity contribution in [1.29, 1.82) is 0 Å². The standard InChI is InChI=1S/C16H13ClO2S2/c1-8-9(2)16(20)19-12-7-10(6-11(18-3)15(8)12)13-4-5-14(17)21-13/h4-7H,1-3H3. The largest absolute Gasteiger partial charge is 0.496 e. The first-order chi connectivity index (χ1) is 10.0. The fourth-order valence-electron chi connectivity index (χ4n) is 2.33. The van der Waals surface area contributed by atoms with Crippen molar-refractivity contribution in [2.45, 2.75) is 13.8 Å². The molecule has 0 aliphatic rings. The molecule has 0 fully saturated rings. The van der Waals surface area contributed by atoms with E-state index < -0.39 is 0 Å². The first-order valence-corrected chi connectivity index (χ1v) is 7.99. The number of fused-ring (bicyclic) bond motifs is 1. The molecule has 21 heavy (non-hydrogen) atoms. The number of halogens is 1. The van der Waals surface area contributed by atoms with Crippen LogP contribution < -0.4 is 4.74 Å². The Balaban J connectivity index is 2.37. The third-order valence-corrected chi connectivity index (χ3v) is 5.26. The highest BCUT2D eigenvalue weighted by atomic mass is 35.5. The molecule has 0 amide bonds. The second kappa shape index (κ2) is 5.44. The number of aryl methyl sites for hydroxylation is 1. The zero-order chi connectivity index (χ0) is 15.1. The van der Waals surface area contributed by atoms with Gasteiger partial charge in [0.05, 0.1) is 16.8 Å². The van der Waals surface area contributed by atoms with Gasteiger partial charge in [0.15, 0.2) is 4.71 Å². The van der Waals surface area contributed by atoms with Crippen molar-refractivity contribution in [3.63, 3.8) is 0 Å². The zero-order valence-corrected chi connectivity index (χ0v) is 14.2.